The summed E-state index contributed by atoms with van der Waals surface area (Å²) in [6.45, 7) is 7.27. The van der Waals surface area contributed by atoms with Gasteiger partial charge < -0.3 is 10.2 Å². The van der Waals surface area contributed by atoms with Gasteiger partial charge in [0.05, 0.1) is 5.69 Å². The van der Waals surface area contributed by atoms with Crippen LogP contribution in [0.4, 0.5) is 10.8 Å². The number of anilines is 2. The average Bonchev–Trinajstić information content (AvgIpc) is 3.32. The Morgan fingerprint density at radius 2 is 2.12 bits per heavy atom. The van der Waals surface area contributed by atoms with E-state index in [0.717, 1.165) is 54.3 Å². The summed E-state index contributed by atoms with van der Waals surface area (Å²) >= 11 is 1.64. The number of nitrogens with one attached hydrogen (secondary N) is 1. The first-order chi connectivity index (χ1) is 11.9. The largest absolute Gasteiger partial charge is 0.357 e. The van der Waals surface area contributed by atoms with E-state index in [2.05, 4.69) is 49.7 Å². The van der Waals surface area contributed by atoms with Crippen molar-refractivity contribution in [3.8, 4) is 11.3 Å². The summed E-state index contributed by atoms with van der Waals surface area (Å²) in [4.78, 5) is 19.3. The molecule has 1 aromatic heterocycles. The van der Waals surface area contributed by atoms with Gasteiger partial charge in [-0.15, -0.1) is 11.3 Å². The van der Waals surface area contributed by atoms with Crippen molar-refractivity contribution in [1.29, 1.82) is 0 Å². The molecule has 1 aromatic carbocycles. The molecule has 2 aromatic rings. The highest BCUT2D eigenvalue weighted by atomic mass is 32.1. The number of amides is 1. The van der Waals surface area contributed by atoms with Crippen molar-refractivity contribution in [3.63, 3.8) is 0 Å². The highest BCUT2D eigenvalue weighted by Crippen LogP contribution is 2.37. The number of carbonyl (C=O) groups is 1. The smallest absolute Gasteiger partial charge is 0.230 e. The van der Waals surface area contributed by atoms with Crippen LogP contribution in [-0.2, 0) is 11.2 Å². The van der Waals surface area contributed by atoms with Gasteiger partial charge in [0.15, 0.2) is 5.13 Å². The molecule has 0 unspecified atom stereocenters. The van der Waals surface area contributed by atoms with E-state index in [9.17, 15) is 4.79 Å². The Hall–Kier alpha value is -1.88. The second kappa shape index (κ2) is 6.13. The Bertz CT molecular complexity index is 802. The van der Waals surface area contributed by atoms with Crippen LogP contribution in [0.15, 0.2) is 23.6 Å². The fourth-order valence-electron chi connectivity index (χ4n) is 3.32. The molecule has 1 amide bonds. The lowest BCUT2D eigenvalue weighted by Gasteiger charge is -2.30. The molecule has 0 radical (unpaired) electrons. The molecule has 2 aliphatic rings. The van der Waals surface area contributed by atoms with E-state index in [-0.39, 0.29) is 11.5 Å². The SMILES string of the molecule is CC(C)(C)Nc1nc(-c2ccc3c(c2)CCCN3C(=O)C2CC2)cs1. The van der Waals surface area contributed by atoms with Crippen LogP contribution in [0.25, 0.3) is 11.3 Å². The monoisotopic (exact) mass is 355 g/mol. The van der Waals surface area contributed by atoms with Crippen molar-refractivity contribution in [2.24, 2.45) is 5.92 Å². The molecule has 1 aliphatic carbocycles. The first-order valence-electron chi connectivity index (χ1n) is 9.09. The summed E-state index contributed by atoms with van der Waals surface area (Å²) in [7, 11) is 0. The first kappa shape index (κ1) is 16.6. The molecule has 5 heteroatoms. The fourth-order valence-corrected chi connectivity index (χ4v) is 4.25. The molecule has 4 nitrogen and oxygen atoms in total. The van der Waals surface area contributed by atoms with E-state index in [4.69, 9.17) is 4.98 Å². The van der Waals surface area contributed by atoms with Gasteiger partial charge in [0, 0.05) is 34.6 Å². The van der Waals surface area contributed by atoms with Crippen LogP contribution in [0.5, 0.6) is 0 Å². The van der Waals surface area contributed by atoms with E-state index in [1.54, 1.807) is 11.3 Å². The predicted molar refractivity (Wildman–Crippen MR) is 104 cm³/mol. The van der Waals surface area contributed by atoms with Crippen LogP contribution in [0.3, 0.4) is 0 Å². The van der Waals surface area contributed by atoms with Crippen molar-refractivity contribution in [2.75, 3.05) is 16.8 Å². The van der Waals surface area contributed by atoms with Gasteiger partial charge in [0.25, 0.3) is 0 Å². The molecule has 1 aliphatic heterocycles. The van der Waals surface area contributed by atoms with E-state index in [1.165, 1.54) is 5.56 Å². The maximum absolute atomic E-state index is 12.5. The standard InChI is InChI=1S/C20H25N3OS/c1-20(2,3)22-19-21-16(12-25-19)14-8-9-17-15(11-14)5-4-10-23(17)18(24)13-6-7-13/h8-9,11-13H,4-7,10H2,1-3H3,(H,21,22). The third kappa shape index (κ3) is 3.56. The third-order valence-corrected chi connectivity index (χ3v) is 5.43. The first-order valence-corrected chi connectivity index (χ1v) is 9.97. The van der Waals surface area contributed by atoms with Gasteiger partial charge in [-0.2, -0.15) is 0 Å². The zero-order valence-corrected chi connectivity index (χ0v) is 15.9. The van der Waals surface area contributed by atoms with Crippen molar-refractivity contribution >= 4 is 28.1 Å². The van der Waals surface area contributed by atoms with Gasteiger partial charge >= 0.3 is 0 Å². The Balaban J connectivity index is 1.59. The Morgan fingerprint density at radius 3 is 2.84 bits per heavy atom. The Morgan fingerprint density at radius 1 is 1.32 bits per heavy atom. The highest BCUT2D eigenvalue weighted by molar-refractivity contribution is 7.14. The van der Waals surface area contributed by atoms with Crippen LogP contribution in [-0.4, -0.2) is 23.0 Å². The maximum Gasteiger partial charge on any atom is 0.230 e. The zero-order valence-electron chi connectivity index (χ0n) is 15.1. The second-order valence-electron chi connectivity index (χ2n) is 8.12. The molecule has 1 saturated carbocycles. The molecular weight excluding hydrogens is 330 g/mol. The number of hydrogen-bond donors (Lipinski definition) is 1. The molecule has 4 rings (SSSR count). The van der Waals surface area contributed by atoms with E-state index in [0.29, 0.717) is 5.91 Å². The van der Waals surface area contributed by atoms with Crippen molar-refractivity contribution in [3.05, 3.63) is 29.1 Å². The number of thiazole rings is 1. The predicted octanol–water partition coefficient (Wildman–Crippen LogP) is 4.71. The van der Waals surface area contributed by atoms with Crippen molar-refractivity contribution in [1.82, 2.24) is 4.98 Å². The number of aromatic nitrogens is 1. The molecule has 1 N–H and O–H groups in total. The summed E-state index contributed by atoms with van der Waals surface area (Å²) in [5.74, 6) is 0.592. The zero-order chi connectivity index (χ0) is 17.6. The molecule has 0 bridgehead atoms. The van der Waals surface area contributed by atoms with E-state index < -0.39 is 0 Å². The Kier molecular flexibility index (Phi) is 4.07. The van der Waals surface area contributed by atoms with E-state index >= 15 is 0 Å². The second-order valence-corrected chi connectivity index (χ2v) is 8.98. The summed E-state index contributed by atoms with van der Waals surface area (Å²) in [6.07, 6.45) is 4.20. The van der Waals surface area contributed by atoms with Crippen LogP contribution >= 0.6 is 11.3 Å². The van der Waals surface area contributed by atoms with Crippen LogP contribution in [0.2, 0.25) is 0 Å². The third-order valence-electron chi connectivity index (χ3n) is 4.67. The van der Waals surface area contributed by atoms with Crippen molar-refractivity contribution < 1.29 is 4.79 Å². The van der Waals surface area contributed by atoms with Gasteiger partial charge in [-0.3, -0.25) is 4.79 Å². The van der Waals surface area contributed by atoms with Gasteiger partial charge in [0.2, 0.25) is 5.91 Å². The molecule has 2 heterocycles. The van der Waals surface area contributed by atoms with Gasteiger partial charge in [0.1, 0.15) is 0 Å². The van der Waals surface area contributed by atoms with Gasteiger partial charge in [-0.1, -0.05) is 6.07 Å². The molecule has 0 spiro atoms. The summed E-state index contributed by atoms with van der Waals surface area (Å²) < 4.78 is 0. The van der Waals surface area contributed by atoms with Gasteiger partial charge in [-0.25, -0.2) is 4.98 Å². The molecule has 132 valence electrons. The number of benzene rings is 1. The number of aryl methyl sites for hydroxylation is 1. The average molecular weight is 356 g/mol. The molecule has 0 atom stereocenters. The van der Waals surface area contributed by atoms with Crippen LogP contribution in [0.1, 0.15) is 45.6 Å². The molecule has 0 saturated heterocycles. The minimum atomic E-state index is 0.00858. The quantitative estimate of drug-likeness (QED) is 0.867. The highest BCUT2D eigenvalue weighted by Gasteiger charge is 2.35. The normalized spacial score (nSPS) is 17.3. The number of nitrogens with zero attached hydrogens (tertiary/aromatic N) is 2. The van der Waals surface area contributed by atoms with Crippen LogP contribution < -0.4 is 10.2 Å². The van der Waals surface area contributed by atoms with Gasteiger partial charge in [-0.05, 0) is 64.2 Å². The number of carbonyl (C=O) groups excluding carboxylic acids is 1. The van der Waals surface area contributed by atoms with Crippen LogP contribution in [0, 0.1) is 5.92 Å². The lowest BCUT2D eigenvalue weighted by molar-refractivity contribution is -0.119. The lowest BCUT2D eigenvalue weighted by atomic mass is 9.98. The van der Waals surface area contributed by atoms with Crippen molar-refractivity contribution in [2.45, 2.75) is 52.0 Å². The maximum atomic E-state index is 12.5. The fraction of sp³-hybridized carbons (Fsp3) is 0.500. The lowest BCUT2D eigenvalue weighted by Crippen LogP contribution is -2.36. The topological polar surface area (TPSA) is 45.2 Å². The molecule has 1 fully saturated rings. The number of fused-ring (bicyclic) bond motifs is 1. The Labute approximate surface area is 153 Å². The molecular formula is C20H25N3OS. The molecule has 25 heavy (non-hydrogen) atoms. The minimum Gasteiger partial charge on any atom is -0.357 e. The van der Waals surface area contributed by atoms with E-state index in [1.807, 2.05) is 4.90 Å². The number of rotatable bonds is 3. The number of hydrogen-bond acceptors (Lipinski definition) is 4. The minimum absolute atomic E-state index is 0.00858. The summed E-state index contributed by atoms with van der Waals surface area (Å²) in [5, 5.41) is 6.48. The summed E-state index contributed by atoms with van der Waals surface area (Å²) in [6, 6.07) is 6.44. The summed E-state index contributed by atoms with van der Waals surface area (Å²) in [5.41, 5.74) is 4.53.